The van der Waals surface area contributed by atoms with Gasteiger partial charge in [-0.05, 0) is 20.3 Å². The summed E-state index contributed by atoms with van der Waals surface area (Å²) < 4.78 is 2.01. The standard InChI is InChI=1S/C13H22N4O/c1-11-8-17(9-12(2)15-11)13(18)4-3-6-16-7-5-14-10-16/h5,7,10-12,15H,3-4,6,8-9H2,1-2H3/t11-,12-/m1/s1. The number of rotatable bonds is 4. The predicted octanol–water partition coefficient (Wildman–Crippen LogP) is 0.872. The van der Waals surface area contributed by atoms with Crippen LogP contribution in [0.15, 0.2) is 18.7 Å². The van der Waals surface area contributed by atoms with E-state index in [1.807, 2.05) is 15.7 Å². The summed E-state index contributed by atoms with van der Waals surface area (Å²) in [6.07, 6.45) is 6.99. The molecule has 100 valence electrons. The van der Waals surface area contributed by atoms with Crippen molar-refractivity contribution in [3.63, 3.8) is 0 Å². The van der Waals surface area contributed by atoms with E-state index in [-0.39, 0.29) is 5.91 Å². The first kappa shape index (κ1) is 13.1. The van der Waals surface area contributed by atoms with Crippen molar-refractivity contribution in [1.29, 1.82) is 0 Å². The maximum atomic E-state index is 12.1. The van der Waals surface area contributed by atoms with Gasteiger partial charge in [-0.1, -0.05) is 0 Å². The topological polar surface area (TPSA) is 50.2 Å². The van der Waals surface area contributed by atoms with Crippen LogP contribution in [0, 0.1) is 0 Å². The lowest BCUT2D eigenvalue weighted by atomic mass is 10.1. The number of imidazole rings is 1. The fourth-order valence-electron chi connectivity index (χ4n) is 2.52. The molecule has 1 aromatic heterocycles. The zero-order valence-corrected chi connectivity index (χ0v) is 11.2. The van der Waals surface area contributed by atoms with Crippen LogP contribution in [0.25, 0.3) is 0 Å². The van der Waals surface area contributed by atoms with Gasteiger partial charge < -0.3 is 14.8 Å². The second-order valence-electron chi connectivity index (χ2n) is 5.17. The average Bonchev–Trinajstić information content (AvgIpc) is 2.80. The third-order valence-corrected chi connectivity index (χ3v) is 3.28. The van der Waals surface area contributed by atoms with Crippen molar-refractivity contribution in [2.75, 3.05) is 13.1 Å². The molecule has 5 nitrogen and oxygen atoms in total. The molecule has 1 amide bonds. The highest BCUT2D eigenvalue weighted by atomic mass is 16.2. The molecular weight excluding hydrogens is 228 g/mol. The largest absolute Gasteiger partial charge is 0.340 e. The number of piperazine rings is 1. The van der Waals surface area contributed by atoms with Crippen LogP contribution in [0.1, 0.15) is 26.7 Å². The van der Waals surface area contributed by atoms with Gasteiger partial charge in [-0.2, -0.15) is 0 Å². The monoisotopic (exact) mass is 250 g/mol. The fourth-order valence-corrected chi connectivity index (χ4v) is 2.52. The summed E-state index contributed by atoms with van der Waals surface area (Å²) in [4.78, 5) is 18.1. The first-order valence-electron chi connectivity index (χ1n) is 6.64. The molecule has 18 heavy (non-hydrogen) atoms. The van der Waals surface area contributed by atoms with Crippen molar-refractivity contribution in [2.24, 2.45) is 0 Å². The molecule has 2 rings (SSSR count). The summed E-state index contributed by atoms with van der Waals surface area (Å²) >= 11 is 0. The number of carbonyl (C=O) groups is 1. The summed E-state index contributed by atoms with van der Waals surface area (Å²) in [6, 6.07) is 0.790. The van der Waals surface area contributed by atoms with E-state index in [9.17, 15) is 4.79 Å². The van der Waals surface area contributed by atoms with Crippen molar-refractivity contribution in [3.05, 3.63) is 18.7 Å². The second kappa shape index (κ2) is 6.00. The van der Waals surface area contributed by atoms with Gasteiger partial charge in [-0.25, -0.2) is 4.98 Å². The molecule has 1 saturated heterocycles. The molecule has 0 saturated carbocycles. The SMILES string of the molecule is C[C@@H]1CN(C(=O)CCCn2ccnc2)C[C@@H](C)N1. The van der Waals surface area contributed by atoms with Crippen molar-refractivity contribution >= 4 is 5.91 Å². The van der Waals surface area contributed by atoms with Crippen molar-refractivity contribution in [2.45, 2.75) is 45.3 Å². The highest BCUT2D eigenvalue weighted by Crippen LogP contribution is 2.07. The zero-order valence-electron chi connectivity index (χ0n) is 11.2. The van der Waals surface area contributed by atoms with Crippen LogP contribution < -0.4 is 5.32 Å². The molecule has 1 aromatic rings. The summed E-state index contributed by atoms with van der Waals surface area (Å²) in [5.41, 5.74) is 0. The van der Waals surface area contributed by atoms with Gasteiger partial charge in [0, 0.05) is 50.5 Å². The van der Waals surface area contributed by atoms with Gasteiger partial charge in [-0.3, -0.25) is 4.79 Å². The van der Waals surface area contributed by atoms with Crippen LogP contribution in [0.4, 0.5) is 0 Å². The highest BCUT2D eigenvalue weighted by molar-refractivity contribution is 5.76. The lowest BCUT2D eigenvalue weighted by Gasteiger charge is -2.36. The number of amides is 1. The molecule has 5 heteroatoms. The average molecular weight is 250 g/mol. The maximum Gasteiger partial charge on any atom is 0.222 e. The minimum atomic E-state index is 0.273. The molecule has 1 fully saturated rings. The first-order valence-corrected chi connectivity index (χ1v) is 6.64. The smallest absolute Gasteiger partial charge is 0.222 e. The van der Waals surface area contributed by atoms with E-state index in [1.54, 1.807) is 12.5 Å². The van der Waals surface area contributed by atoms with Crippen LogP contribution in [-0.4, -0.2) is 45.5 Å². The number of carbonyl (C=O) groups excluding carboxylic acids is 1. The number of hydrogen-bond donors (Lipinski definition) is 1. The van der Waals surface area contributed by atoms with Crippen molar-refractivity contribution < 1.29 is 4.79 Å². The second-order valence-corrected chi connectivity index (χ2v) is 5.17. The van der Waals surface area contributed by atoms with E-state index in [4.69, 9.17) is 0 Å². The Morgan fingerprint density at radius 1 is 1.39 bits per heavy atom. The molecule has 2 heterocycles. The Bertz CT molecular complexity index is 366. The Morgan fingerprint density at radius 2 is 2.11 bits per heavy atom. The van der Waals surface area contributed by atoms with Gasteiger partial charge in [0.05, 0.1) is 6.33 Å². The Morgan fingerprint density at radius 3 is 2.72 bits per heavy atom. The van der Waals surface area contributed by atoms with E-state index in [0.717, 1.165) is 26.1 Å². The summed E-state index contributed by atoms with van der Waals surface area (Å²) in [5, 5.41) is 3.44. The van der Waals surface area contributed by atoms with E-state index in [2.05, 4.69) is 24.1 Å². The van der Waals surface area contributed by atoms with Crippen LogP contribution >= 0.6 is 0 Å². The van der Waals surface area contributed by atoms with Crippen LogP contribution in [0.5, 0.6) is 0 Å². The van der Waals surface area contributed by atoms with E-state index < -0.39 is 0 Å². The number of aryl methyl sites for hydroxylation is 1. The van der Waals surface area contributed by atoms with Gasteiger partial charge in [-0.15, -0.1) is 0 Å². The van der Waals surface area contributed by atoms with Gasteiger partial charge in [0.1, 0.15) is 0 Å². The maximum absolute atomic E-state index is 12.1. The minimum Gasteiger partial charge on any atom is -0.340 e. The molecular formula is C13H22N4O. The quantitative estimate of drug-likeness (QED) is 0.862. The van der Waals surface area contributed by atoms with Crippen LogP contribution in [0.3, 0.4) is 0 Å². The van der Waals surface area contributed by atoms with Crippen LogP contribution in [0.2, 0.25) is 0 Å². The van der Waals surface area contributed by atoms with Crippen molar-refractivity contribution in [1.82, 2.24) is 19.8 Å². The number of nitrogens with one attached hydrogen (secondary N) is 1. The van der Waals surface area contributed by atoms with Gasteiger partial charge in [0.25, 0.3) is 0 Å². The summed E-state index contributed by atoms with van der Waals surface area (Å²) in [5.74, 6) is 0.273. The molecule has 0 bridgehead atoms. The molecule has 0 spiro atoms. The Hall–Kier alpha value is -1.36. The Balaban J connectivity index is 1.74. The Kier molecular flexibility index (Phi) is 4.36. The molecule has 1 N–H and O–H groups in total. The summed E-state index contributed by atoms with van der Waals surface area (Å²) in [7, 11) is 0. The third-order valence-electron chi connectivity index (χ3n) is 3.28. The molecule has 0 aromatic carbocycles. The lowest BCUT2D eigenvalue weighted by Crippen LogP contribution is -2.55. The van der Waals surface area contributed by atoms with E-state index >= 15 is 0 Å². The highest BCUT2D eigenvalue weighted by Gasteiger charge is 2.23. The molecule has 1 aliphatic heterocycles. The van der Waals surface area contributed by atoms with E-state index in [0.29, 0.717) is 18.5 Å². The van der Waals surface area contributed by atoms with Gasteiger partial charge in [0.15, 0.2) is 0 Å². The van der Waals surface area contributed by atoms with Crippen molar-refractivity contribution in [3.8, 4) is 0 Å². The van der Waals surface area contributed by atoms with E-state index in [1.165, 1.54) is 0 Å². The van der Waals surface area contributed by atoms with Crippen LogP contribution in [-0.2, 0) is 11.3 Å². The third kappa shape index (κ3) is 3.57. The van der Waals surface area contributed by atoms with Gasteiger partial charge >= 0.3 is 0 Å². The predicted molar refractivity (Wildman–Crippen MR) is 70.1 cm³/mol. The number of nitrogens with zero attached hydrogens (tertiary/aromatic N) is 3. The molecule has 0 unspecified atom stereocenters. The van der Waals surface area contributed by atoms with Gasteiger partial charge in [0.2, 0.25) is 5.91 Å². The Labute approximate surface area is 108 Å². The first-order chi connectivity index (χ1) is 8.65. The molecule has 0 aliphatic carbocycles. The molecule has 1 aliphatic rings. The normalized spacial score (nSPS) is 24.2. The molecule has 2 atom stereocenters. The lowest BCUT2D eigenvalue weighted by molar-refractivity contribution is -0.133. The summed E-state index contributed by atoms with van der Waals surface area (Å²) in [6.45, 7) is 6.77. The number of hydrogen-bond acceptors (Lipinski definition) is 3. The molecule has 0 radical (unpaired) electrons. The zero-order chi connectivity index (χ0) is 13.0. The minimum absolute atomic E-state index is 0.273. The number of aromatic nitrogens is 2. The fraction of sp³-hybridized carbons (Fsp3) is 0.692.